The molecule has 7 nitrogen and oxygen atoms in total. The first-order valence-electron chi connectivity index (χ1n) is 13.2. The van der Waals surface area contributed by atoms with Gasteiger partial charge >= 0.3 is 0 Å². The number of hydrogen-bond donors (Lipinski definition) is 4. The summed E-state index contributed by atoms with van der Waals surface area (Å²) < 4.78 is 11.8. The van der Waals surface area contributed by atoms with Crippen molar-refractivity contribution in [1.82, 2.24) is 15.6 Å². The van der Waals surface area contributed by atoms with Crippen molar-refractivity contribution in [3.63, 3.8) is 0 Å². The van der Waals surface area contributed by atoms with E-state index in [1.165, 1.54) is 22.3 Å². The molecule has 0 saturated carbocycles. The Labute approximate surface area is 234 Å². The van der Waals surface area contributed by atoms with Crippen LogP contribution in [-0.2, 0) is 26.2 Å². The number of anilines is 2. The monoisotopic (exact) mass is 531 g/mol. The van der Waals surface area contributed by atoms with Gasteiger partial charge in [-0.25, -0.2) is 0 Å². The van der Waals surface area contributed by atoms with E-state index in [9.17, 15) is 0 Å². The predicted octanol–water partition coefficient (Wildman–Crippen LogP) is 6.41. The van der Waals surface area contributed by atoms with Crippen LogP contribution in [0.4, 0.5) is 11.4 Å². The number of nitrogens with two attached hydrogens (primary N) is 2. The fourth-order valence-corrected chi connectivity index (χ4v) is 4.17. The van der Waals surface area contributed by atoms with Crippen LogP contribution in [0, 0.1) is 0 Å². The summed E-state index contributed by atoms with van der Waals surface area (Å²) in [6, 6.07) is 33.0. The maximum atomic E-state index is 5.88. The molecule has 5 rings (SSSR count). The van der Waals surface area contributed by atoms with Crippen molar-refractivity contribution in [2.24, 2.45) is 0 Å². The number of benzene rings is 4. The van der Waals surface area contributed by atoms with Crippen molar-refractivity contribution in [1.29, 1.82) is 0 Å². The molecule has 0 aliphatic carbocycles. The Hall–Kier alpha value is -4.85. The maximum absolute atomic E-state index is 5.88. The van der Waals surface area contributed by atoms with E-state index in [4.69, 9.17) is 20.9 Å². The molecule has 0 unspecified atom stereocenters. The van der Waals surface area contributed by atoms with Gasteiger partial charge in [0.2, 0.25) is 0 Å². The Kier molecular flexibility index (Phi) is 8.88. The van der Waals surface area contributed by atoms with Gasteiger partial charge < -0.3 is 31.6 Å². The van der Waals surface area contributed by atoms with Gasteiger partial charge in [-0.2, -0.15) is 0 Å². The summed E-state index contributed by atoms with van der Waals surface area (Å²) in [5.74, 6) is 3.11. The Balaban J connectivity index is 1.07. The molecule has 5 aromatic rings. The average molecular weight is 532 g/mol. The lowest BCUT2D eigenvalue weighted by atomic mass is 10.1. The van der Waals surface area contributed by atoms with Crippen LogP contribution in [0.1, 0.15) is 22.3 Å². The first kappa shape index (κ1) is 26.7. The molecule has 7 heteroatoms. The molecule has 6 N–H and O–H groups in total. The van der Waals surface area contributed by atoms with E-state index < -0.39 is 0 Å². The molecule has 202 valence electrons. The van der Waals surface area contributed by atoms with E-state index in [0.29, 0.717) is 11.4 Å². The summed E-state index contributed by atoms with van der Waals surface area (Å²) in [5, 5.41) is 7.07. The highest BCUT2D eigenvalue weighted by atomic mass is 16.5. The highest BCUT2D eigenvalue weighted by Crippen LogP contribution is 2.24. The van der Waals surface area contributed by atoms with Gasteiger partial charge in [0.15, 0.2) is 0 Å². The van der Waals surface area contributed by atoms with Crippen molar-refractivity contribution in [2.75, 3.05) is 11.5 Å². The molecule has 0 bridgehead atoms. The maximum Gasteiger partial charge on any atom is 0.127 e. The molecule has 0 aliphatic rings. The highest BCUT2D eigenvalue weighted by molar-refractivity contribution is 5.44. The van der Waals surface area contributed by atoms with Crippen LogP contribution in [0.3, 0.4) is 0 Å². The molecule has 1 heterocycles. The van der Waals surface area contributed by atoms with Gasteiger partial charge in [-0.15, -0.1) is 0 Å². The topological polar surface area (TPSA) is 107 Å². The molecule has 0 fully saturated rings. The molecule has 0 amide bonds. The second-order valence-electron chi connectivity index (χ2n) is 9.48. The minimum Gasteiger partial charge on any atom is -0.457 e. The van der Waals surface area contributed by atoms with Crippen LogP contribution in [0.5, 0.6) is 23.0 Å². The summed E-state index contributed by atoms with van der Waals surface area (Å²) in [5.41, 5.74) is 17.7. The zero-order valence-electron chi connectivity index (χ0n) is 22.2. The smallest absolute Gasteiger partial charge is 0.127 e. The molecule has 0 atom stereocenters. The third-order valence-corrected chi connectivity index (χ3v) is 6.37. The van der Waals surface area contributed by atoms with Gasteiger partial charge in [-0.05, 0) is 101 Å². The van der Waals surface area contributed by atoms with Crippen LogP contribution in [0.25, 0.3) is 0 Å². The number of ether oxygens (including phenoxy) is 2. The van der Waals surface area contributed by atoms with Crippen molar-refractivity contribution < 1.29 is 9.47 Å². The first-order chi connectivity index (χ1) is 19.6. The van der Waals surface area contributed by atoms with Gasteiger partial charge in [0, 0.05) is 49.9 Å². The molecular weight excluding hydrogens is 498 g/mol. The van der Waals surface area contributed by atoms with Crippen LogP contribution in [0.15, 0.2) is 116 Å². The number of pyridine rings is 1. The number of nitrogens with one attached hydrogen (secondary N) is 2. The first-order valence-corrected chi connectivity index (χ1v) is 13.2. The number of nitrogen functional groups attached to an aromatic ring is 2. The third-order valence-electron chi connectivity index (χ3n) is 6.37. The number of nitrogens with zero attached hydrogens (tertiary/aromatic N) is 1. The Bertz CT molecular complexity index is 1370. The summed E-state index contributed by atoms with van der Waals surface area (Å²) in [6.45, 7) is 2.98. The normalized spacial score (nSPS) is 10.8. The van der Waals surface area contributed by atoms with Crippen LogP contribution >= 0.6 is 0 Å². The van der Waals surface area contributed by atoms with Crippen LogP contribution in [-0.4, -0.2) is 4.98 Å². The standard InChI is InChI=1S/C33H33N5O2/c34-28-5-13-32(14-6-28)39-30-9-1-24(2-10-30)19-37-21-26-17-18-36-22-27(26)23-38-20-25-3-11-31(12-4-25)40-33-15-7-29(35)8-16-33/h1-18,22,37-38H,19-21,23,34-35H2. The van der Waals surface area contributed by atoms with Gasteiger partial charge in [0.1, 0.15) is 23.0 Å². The van der Waals surface area contributed by atoms with Crippen LogP contribution in [0.2, 0.25) is 0 Å². The quantitative estimate of drug-likeness (QED) is 0.138. The van der Waals surface area contributed by atoms with E-state index in [1.54, 1.807) is 0 Å². The summed E-state index contributed by atoms with van der Waals surface area (Å²) in [6.07, 6.45) is 3.76. The molecule has 1 aromatic heterocycles. The number of aromatic nitrogens is 1. The number of hydrogen-bond acceptors (Lipinski definition) is 7. The van der Waals surface area contributed by atoms with Gasteiger partial charge in [0.05, 0.1) is 0 Å². The van der Waals surface area contributed by atoms with Crippen molar-refractivity contribution in [3.8, 4) is 23.0 Å². The molecule has 0 aliphatic heterocycles. The van der Waals surface area contributed by atoms with Crippen LogP contribution < -0.4 is 31.6 Å². The summed E-state index contributed by atoms with van der Waals surface area (Å²) >= 11 is 0. The SMILES string of the molecule is Nc1ccc(Oc2ccc(CNCc3ccncc3CNCc3ccc(Oc4ccc(N)cc4)cc3)cc2)cc1. The second kappa shape index (κ2) is 13.3. The molecule has 0 saturated heterocycles. The fourth-order valence-electron chi connectivity index (χ4n) is 4.17. The lowest BCUT2D eigenvalue weighted by molar-refractivity contribution is 0.482. The molecule has 0 radical (unpaired) electrons. The summed E-state index contributed by atoms with van der Waals surface area (Å²) in [7, 11) is 0. The third kappa shape index (κ3) is 7.83. The highest BCUT2D eigenvalue weighted by Gasteiger charge is 2.04. The van der Waals surface area contributed by atoms with Crippen molar-refractivity contribution >= 4 is 11.4 Å². The molecule has 4 aromatic carbocycles. The predicted molar refractivity (Wildman–Crippen MR) is 160 cm³/mol. The minimum absolute atomic E-state index is 0.716. The number of rotatable bonds is 12. The zero-order valence-corrected chi connectivity index (χ0v) is 22.2. The Morgan fingerprint density at radius 2 is 0.875 bits per heavy atom. The van der Waals surface area contributed by atoms with E-state index >= 15 is 0 Å². The summed E-state index contributed by atoms with van der Waals surface area (Å²) in [4.78, 5) is 4.33. The Morgan fingerprint density at radius 1 is 0.475 bits per heavy atom. The van der Waals surface area contributed by atoms with Crippen molar-refractivity contribution in [3.05, 3.63) is 138 Å². The van der Waals surface area contributed by atoms with Gasteiger partial charge in [0.25, 0.3) is 0 Å². The average Bonchev–Trinajstić information content (AvgIpc) is 2.98. The molecular formula is C33H33N5O2. The lowest BCUT2D eigenvalue weighted by Gasteiger charge is -2.12. The van der Waals surface area contributed by atoms with E-state index in [2.05, 4.69) is 45.9 Å². The van der Waals surface area contributed by atoms with E-state index in [1.807, 2.05) is 85.2 Å². The second-order valence-corrected chi connectivity index (χ2v) is 9.48. The molecule has 40 heavy (non-hydrogen) atoms. The van der Waals surface area contributed by atoms with Gasteiger partial charge in [-0.3, -0.25) is 4.98 Å². The zero-order chi connectivity index (χ0) is 27.6. The molecule has 0 spiro atoms. The minimum atomic E-state index is 0.716. The Morgan fingerprint density at radius 3 is 1.32 bits per heavy atom. The van der Waals surface area contributed by atoms with E-state index in [0.717, 1.165) is 49.2 Å². The van der Waals surface area contributed by atoms with E-state index in [-0.39, 0.29) is 0 Å². The lowest BCUT2D eigenvalue weighted by Crippen LogP contribution is -2.18. The fraction of sp³-hybridized carbons (Fsp3) is 0.121. The van der Waals surface area contributed by atoms with Crippen molar-refractivity contribution in [2.45, 2.75) is 26.2 Å². The largest absolute Gasteiger partial charge is 0.457 e. The van der Waals surface area contributed by atoms with Gasteiger partial charge in [-0.1, -0.05) is 24.3 Å².